The van der Waals surface area contributed by atoms with Gasteiger partial charge in [0.1, 0.15) is 5.82 Å². The first-order chi connectivity index (χ1) is 9.72. The average molecular weight is 276 g/mol. The summed E-state index contributed by atoms with van der Waals surface area (Å²) in [5, 5.41) is 6.13. The number of hydrogen-bond acceptors (Lipinski definition) is 4. The summed E-state index contributed by atoms with van der Waals surface area (Å²) in [7, 11) is 0. The lowest BCUT2D eigenvalue weighted by atomic mass is 10.2. The van der Waals surface area contributed by atoms with E-state index in [0.717, 1.165) is 19.6 Å². The monoisotopic (exact) mass is 276 g/mol. The molecule has 2 rings (SSSR count). The van der Waals surface area contributed by atoms with E-state index in [4.69, 9.17) is 0 Å². The molecule has 1 aliphatic rings. The van der Waals surface area contributed by atoms with Crippen molar-refractivity contribution in [2.45, 2.75) is 32.7 Å². The molecule has 1 aromatic heterocycles. The SMILES string of the molecule is CCNc1ncccc1C(=O)NCC(C)N1CCCC1. The lowest BCUT2D eigenvalue weighted by molar-refractivity contribution is 0.0941. The molecular formula is C15H24N4O. The highest BCUT2D eigenvalue weighted by molar-refractivity contribution is 5.98. The molecule has 1 unspecified atom stereocenters. The number of nitrogens with zero attached hydrogens (tertiary/aromatic N) is 2. The number of carbonyl (C=O) groups is 1. The molecule has 2 N–H and O–H groups in total. The zero-order chi connectivity index (χ0) is 14.4. The summed E-state index contributed by atoms with van der Waals surface area (Å²) in [6, 6.07) is 3.99. The van der Waals surface area contributed by atoms with Crippen LogP contribution in [0.5, 0.6) is 0 Å². The fraction of sp³-hybridized carbons (Fsp3) is 0.600. The fourth-order valence-electron chi connectivity index (χ4n) is 2.54. The van der Waals surface area contributed by atoms with Crippen molar-refractivity contribution < 1.29 is 4.79 Å². The first kappa shape index (κ1) is 14.8. The Morgan fingerprint density at radius 2 is 2.20 bits per heavy atom. The summed E-state index contributed by atoms with van der Waals surface area (Å²) in [6.45, 7) is 7.88. The van der Waals surface area contributed by atoms with E-state index in [1.54, 1.807) is 18.3 Å². The Balaban J connectivity index is 1.91. The largest absolute Gasteiger partial charge is 0.370 e. The fourth-order valence-corrected chi connectivity index (χ4v) is 2.54. The number of carbonyl (C=O) groups excluding carboxylic acids is 1. The predicted octanol–water partition coefficient (Wildman–Crippen LogP) is 1.73. The number of pyridine rings is 1. The molecule has 1 aromatic rings. The minimum Gasteiger partial charge on any atom is -0.370 e. The Morgan fingerprint density at radius 3 is 2.90 bits per heavy atom. The van der Waals surface area contributed by atoms with Gasteiger partial charge in [0, 0.05) is 25.3 Å². The predicted molar refractivity (Wildman–Crippen MR) is 81.0 cm³/mol. The van der Waals surface area contributed by atoms with Gasteiger partial charge in [-0.3, -0.25) is 9.69 Å². The normalized spacial score (nSPS) is 16.9. The maximum absolute atomic E-state index is 12.3. The van der Waals surface area contributed by atoms with Gasteiger partial charge in [-0.05, 0) is 51.9 Å². The van der Waals surface area contributed by atoms with E-state index in [0.29, 0.717) is 24.0 Å². The van der Waals surface area contributed by atoms with Crippen LogP contribution in [-0.4, -0.2) is 48.0 Å². The molecule has 2 heterocycles. The van der Waals surface area contributed by atoms with Crippen LogP contribution in [0, 0.1) is 0 Å². The quantitative estimate of drug-likeness (QED) is 0.831. The van der Waals surface area contributed by atoms with Gasteiger partial charge in [0.05, 0.1) is 5.56 Å². The van der Waals surface area contributed by atoms with Crippen molar-refractivity contribution >= 4 is 11.7 Å². The van der Waals surface area contributed by atoms with E-state index >= 15 is 0 Å². The smallest absolute Gasteiger partial charge is 0.255 e. The van der Waals surface area contributed by atoms with Crippen LogP contribution in [0.2, 0.25) is 0 Å². The molecule has 1 atom stereocenters. The van der Waals surface area contributed by atoms with E-state index in [9.17, 15) is 4.79 Å². The van der Waals surface area contributed by atoms with Crippen molar-refractivity contribution in [1.29, 1.82) is 0 Å². The Labute approximate surface area is 120 Å². The van der Waals surface area contributed by atoms with Crippen LogP contribution >= 0.6 is 0 Å². The Hall–Kier alpha value is -1.62. The van der Waals surface area contributed by atoms with Gasteiger partial charge in [0.2, 0.25) is 0 Å². The third-order valence-electron chi connectivity index (χ3n) is 3.72. The molecule has 110 valence electrons. The molecular weight excluding hydrogens is 252 g/mol. The first-order valence-electron chi connectivity index (χ1n) is 7.43. The number of nitrogens with one attached hydrogen (secondary N) is 2. The van der Waals surface area contributed by atoms with E-state index in [2.05, 4.69) is 27.4 Å². The minimum absolute atomic E-state index is 0.0555. The van der Waals surface area contributed by atoms with Gasteiger partial charge >= 0.3 is 0 Å². The Bertz CT molecular complexity index is 443. The Morgan fingerprint density at radius 1 is 1.45 bits per heavy atom. The van der Waals surface area contributed by atoms with Crippen LogP contribution in [0.25, 0.3) is 0 Å². The molecule has 1 saturated heterocycles. The van der Waals surface area contributed by atoms with E-state index in [1.807, 2.05) is 6.92 Å². The standard InChI is InChI=1S/C15H24N4O/c1-3-16-14-13(7-6-8-17-14)15(20)18-11-12(2)19-9-4-5-10-19/h6-8,12H,3-5,9-11H2,1-2H3,(H,16,17)(H,18,20). The van der Waals surface area contributed by atoms with Gasteiger partial charge < -0.3 is 10.6 Å². The third kappa shape index (κ3) is 3.70. The second kappa shape index (κ2) is 7.24. The number of likely N-dealkylation sites (tertiary alicyclic amines) is 1. The maximum atomic E-state index is 12.3. The Kier molecular flexibility index (Phi) is 5.35. The van der Waals surface area contributed by atoms with Gasteiger partial charge in [-0.2, -0.15) is 0 Å². The third-order valence-corrected chi connectivity index (χ3v) is 3.72. The number of hydrogen-bond donors (Lipinski definition) is 2. The lowest BCUT2D eigenvalue weighted by Crippen LogP contribution is -2.40. The molecule has 5 nitrogen and oxygen atoms in total. The van der Waals surface area contributed by atoms with Gasteiger partial charge in [-0.1, -0.05) is 0 Å². The lowest BCUT2D eigenvalue weighted by Gasteiger charge is -2.24. The summed E-state index contributed by atoms with van der Waals surface area (Å²) >= 11 is 0. The zero-order valence-electron chi connectivity index (χ0n) is 12.4. The van der Waals surface area contributed by atoms with Crippen LogP contribution < -0.4 is 10.6 Å². The van der Waals surface area contributed by atoms with Crippen molar-refractivity contribution in [2.24, 2.45) is 0 Å². The summed E-state index contributed by atoms with van der Waals surface area (Å²) in [5.41, 5.74) is 0.614. The maximum Gasteiger partial charge on any atom is 0.255 e. The van der Waals surface area contributed by atoms with Crippen LogP contribution in [0.4, 0.5) is 5.82 Å². The molecule has 0 aromatic carbocycles. The molecule has 0 bridgehead atoms. The molecule has 20 heavy (non-hydrogen) atoms. The molecule has 0 saturated carbocycles. The van der Waals surface area contributed by atoms with Crippen molar-refractivity contribution in [2.75, 3.05) is 31.5 Å². The van der Waals surface area contributed by atoms with Crippen molar-refractivity contribution in [3.63, 3.8) is 0 Å². The summed E-state index contributed by atoms with van der Waals surface area (Å²) in [5.74, 6) is 0.599. The van der Waals surface area contributed by atoms with Gasteiger partial charge in [-0.25, -0.2) is 4.98 Å². The summed E-state index contributed by atoms with van der Waals surface area (Å²) < 4.78 is 0. The average Bonchev–Trinajstić information content (AvgIpc) is 2.99. The number of amides is 1. The highest BCUT2D eigenvalue weighted by Crippen LogP contribution is 2.13. The molecule has 1 fully saturated rings. The van der Waals surface area contributed by atoms with Crippen LogP contribution in [-0.2, 0) is 0 Å². The number of anilines is 1. The van der Waals surface area contributed by atoms with Crippen molar-refractivity contribution in [1.82, 2.24) is 15.2 Å². The topological polar surface area (TPSA) is 57.3 Å². The molecule has 0 aliphatic carbocycles. The van der Waals surface area contributed by atoms with E-state index in [-0.39, 0.29) is 5.91 Å². The zero-order valence-corrected chi connectivity index (χ0v) is 12.4. The number of aromatic nitrogens is 1. The van der Waals surface area contributed by atoms with Crippen LogP contribution in [0.15, 0.2) is 18.3 Å². The van der Waals surface area contributed by atoms with Crippen molar-refractivity contribution in [3.8, 4) is 0 Å². The molecule has 1 aliphatic heterocycles. The molecule has 5 heteroatoms. The summed E-state index contributed by atoms with van der Waals surface area (Å²) in [6.07, 6.45) is 4.23. The highest BCUT2D eigenvalue weighted by atomic mass is 16.1. The highest BCUT2D eigenvalue weighted by Gasteiger charge is 2.19. The molecule has 1 amide bonds. The van der Waals surface area contributed by atoms with Gasteiger partial charge in [0.25, 0.3) is 5.91 Å². The van der Waals surface area contributed by atoms with Crippen LogP contribution in [0.1, 0.15) is 37.0 Å². The number of rotatable bonds is 6. The first-order valence-corrected chi connectivity index (χ1v) is 7.43. The summed E-state index contributed by atoms with van der Waals surface area (Å²) in [4.78, 5) is 18.9. The van der Waals surface area contributed by atoms with E-state index in [1.165, 1.54) is 12.8 Å². The van der Waals surface area contributed by atoms with Gasteiger partial charge in [-0.15, -0.1) is 0 Å². The van der Waals surface area contributed by atoms with Gasteiger partial charge in [0.15, 0.2) is 0 Å². The minimum atomic E-state index is -0.0555. The van der Waals surface area contributed by atoms with E-state index < -0.39 is 0 Å². The van der Waals surface area contributed by atoms with Crippen molar-refractivity contribution in [3.05, 3.63) is 23.9 Å². The molecule has 0 spiro atoms. The van der Waals surface area contributed by atoms with Crippen LogP contribution in [0.3, 0.4) is 0 Å². The molecule has 0 radical (unpaired) electrons. The second-order valence-electron chi connectivity index (χ2n) is 5.23. The second-order valence-corrected chi connectivity index (χ2v) is 5.23.